The first-order chi connectivity index (χ1) is 9.02. The van der Waals surface area contributed by atoms with Gasteiger partial charge in [0.2, 0.25) is 0 Å². The van der Waals surface area contributed by atoms with Crippen LogP contribution in [0.15, 0.2) is 30.3 Å². The second kappa shape index (κ2) is 7.84. The van der Waals surface area contributed by atoms with E-state index in [0.717, 1.165) is 0 Å². The third-order valence-corrected chi connectivity index (χ3v) is 2.66. The van der Waals surface area contributed by atoms with Crippen molar-refractivity contribution in [2.45, 2.75) is 31.6 Å². The number of carboxylic acids is 1. The Morgan fingerprint density at radius 3 is 2.47 bits per heavy atom. The molecule has 106 valence electrons. The molecule has 0 atom stereocenters. The Bertz CT molecular complexity index is 380. The van der Waals surface area contributed by atoms with Crippen LogP contribution < -0.4 is 0 Å². The van der Waals surface area contributed by atoms with Gasteiger partial charge in [-0.1, -0.05) is 36.8 Å². The number of rotatable bonds is 9. The Labute approximate surface area is 111 Å². The molecular weight excluding hydrogens is 254 g/mol. The normalized spacial score (nSPS) is 11.5. The second-order valence-electron chi connectivity index (χ2n) is 4.33. The summed E-state index contributed by atoms with van der Waals surface area (Å²) in [7, 11) is 0. The van der Waals surface area contributed by atoms with Crippen molar-refractivity contribution in [1.82, 2.24) is 0 Å². The van der Waals surface area contributed by atoms with Crippen LogP contribution in [0.1, 0.15) is 31.2 Å². The Kier molecular flexibility index (Phi) is 6.42. The number of hydrogen-bond acceptors (Lipinski definition) is 2. The molecule has 0 heterocycles. The molecule has 1 rings (SSSR count). The van der Waals surface area contributed by atoms with E-state index in [9.17, 15) is 13.6 Å². The molecule has 0 saturated heterocycles. The zero-order valence-corrected chi connectivity index (χ0v) is 10.6. The molecule has 0 spiro atoms. The van der Waals surface area contributed by atoms with E-state index in [-0.39, 0.29) is 18.6 Å². The van der Waals surface area contributed by atoms with Gasteiger partial charge in [0.1, 0.15) is 6.61 Å². The molecule has 0 saturated carbocycles. The molecule has 0 aliphatic heterocycles. The molecule has 0 aliphatic carbocycles. The van der Waals surface area contributed by atoms with Gasteiger partial charge in [-0.2, -0.15) is 8.78 Å². The molecule has 0 bridgehead atoms. The van der Waals surface area contributed by atoms with Gasteiger partial charge in [-0.05, 0) is 12.8 Å². The van der Waals surface area contributed by atoms with Gasteiger partial charge in [0.25, 0.3) is 5.92 Å². The summed E-state index contributed by atoms with van der Waals surface area (Å²) in [5, 5.41) is 8.42. The summed E-state index contributed by atoms with van der Waals surface area (Å²) in [4.78, 5) is 10.2. The number of alkyl halides is 2. The van der Waals surface area contributed by atoms with Gasteiger partial charge in [-0.15, -0.1) is 0 Å². The molecule has 19 heavy (non-hydrogen) atoms. The molecule has 5 heteroatoms. The Hall–Kier alpha value is -1.49. The largest absolute Gasteiger partial charge is 0.481 e. The van der Waals surface area contributed by atoms with Crippen molar-refractivity contribution in [3.8, 4) is 0 Å². The van der Waals surface area contributed by atoms with Crippen LogP contribution in [-0.4, -0.2) is 24.3 Å². The van der Waals surface area contributed by atoms with Crippen LogP contribution >= 0.6 is 0 Å². The first-order valence-corrected chi connectivity index (χ1v) is 6.25. The SMILES string of the molecule is O=C(O)CCCCCOCC(F)(F)c1ccccc1. The van der Waals surface area contributed by atoms with E-state index in [2.05, 4.69) is 0 Å². The monoisotopic (exact) mass is 272 g/mol. The molecule has 0 aliphatic rings. The van der Waals surface area contributed by atoms with Crippen LogP contribution in [0, 0.1) is 0 Å². The molecule has 0 unspecified atom stereocenters. The maximum Gasteiger partial charge on any atom is 0.303 e. The number of carbonyl (C=O) groups is 1. The Morgan fingerprint density at radius 2 is 1.84 bits per heavy atom. The highest BCUT2D eigenvalue weighted by atomic mass is 19.3. The zero-order chi connectivity index (χ0) is 14.1. The highest BCUT2D eigenvalue weighted by molar-refractivity contribution is 5.66. The summed E-state index contributed by atoms with van der Waals surface area (Å²) in [5.41, 5.74) is -0.0547. The number of carboxylic acid groups (broad SMARTS) is 1. The van der Waals surface area contributed by atoms with Gasteiger partial charge in [-0.25, -0.2) is 0 Å². The second-order valence-corrected chi connectivity index (χ2v) is 4.33. The lowest BCUT2D eigenvalue weighted by atomic mass is 10.1. The molecule has 0 aromatic heterocycles. The van der Waals surface area contributed by atoms with E-state index in [1.165, 1.54) is 12.1 Å². The van der Waals surface area contributed by atoms with E-state index in [1.54, 1.807) is 18.2 Å². The molecule has 0 amide bonds. The molecule has 1 aromatic rings. The first kappa shape index (κ1) is 15.6. The number of ether oxygens (including phenoxy) is 1. The van der Waals surface area contributed by atoms with Crippen molar-refractivity contribution in [3.05, 3.63) is 35.9 Å². The smallest absolute Gasteiger partial charge is 0.303 e. The molecule has 1 N–H and O–H groups in total. The van der Waals surface area contributed by atoms with Gasteiger partial charge in [-0.3, -0.25) is 4.79 Å². The van der Waals surface area contributed by atoms with E-state index < -0.39 is 18.5 Å². The maximum absolute atomic E-state index is 13.6. The lowest BCUT2D eigenvalue weighted by Crippen LogP contribution is -2.21. The average molecular weight is 272 g/mol. The molecule has 0 radical (unpaired) electrons. The number of aliphatic carboxylic acids is 1. The van der Waals surface area contributed by atoms with Gasteiger partial charge < -0.3 is 9.84 Å². The van der Waals surface area contributed by atoms with Crippen LogP contribution in [-0.2, 0) is 15.5 Å². The summed E-state index contributed by atoms with van der Waals surface area (Å²) >= 11 is 0. The number of benzene rings is 1. The van der Waals surface area contributed by atoms with Crippen molar-refractivity contribution < 1.29 is 23.4 Å². The maximum atomic E-state index is 13.6. The van der Waals surface area contributed by atoms with Gasteiger partial charge in [0.05, 0.1) is 0 Å². The summed E-state index contributed by atoms with van der Waals surface area (Å²) < 4.78 is 32.2. The number of unbranched alkanes of at least 4 members (excludes halogenated alkanes) is 2. The summed E-state index contributed by atoms with van der Waals surface area (Å²) in [6.07, 6.45) is 1.93. The van der Waals surface area contributed by atoms with Crippen LogP contribution in [0.4, 0.5) is 8.78 Å². The quantitative estimate of drug-likeness (QED) is 0.700. The van der Waals surface area contributed by atoms with Crippen LogP contribution in [0.25, 0.3) is 0 Å². The van der Waals surface area contributed by atoms with Crippen LogP contribution in [0.3, 0.4) is 0 Å². The molecule has 3 nitrogen and oxygen atoms in total. The van der Waals surface area contributed by atoms with Crippen molar-refractivity contribution >= 4 is 5.97 Å². The topological polar surface area (TPSA) is 46.5 Å². The summed E-state index contributed by atoms with van der Waals surface area (Å²) in [6.45, 7) is -0.419. The number of hydrogen-bond donors (Lipinski definition) is 1. The van der Waals surface area contributed by atoms with E-state index in [0.29, 0.717) is 19.3 Å². The van der Waals surface area contributed by atoms with Gasteiger partial charge in [0, 0.05) is 18.6 Å². The predicted octanol–water partition coefficient (Wildman–Crippen LogP) is 3.44. The fourth-order valence-electron chi connectivity index (χ4n) is 1.62. The van der Waals surface area contributed by atoms with E-state index >= 15 is 0 Å². The summed E-state index contributed by atoms with van der Waals surface area (Å²) in [5.74, 6) is -3.82. The molecular formula is C14H18F2O3. The highest BCUT2D eigenvalue weighted by Gasteiger charge is 2.31. The van der Waals surface area contributed by atoms with Gasteiger partial charge in [0.15, 0.2) is 0 Å². The van der Waals surface area contributed by atoms with Crippen LogP contribution in [0.5, 0.6) is 0 Å². The first-order valence-electron chi connectivity index (χ1n) is 6.25. The third kappa shape index (κ3) is 6.29. The lowest BCUT2D eigenvalue weighted by Gasteiger charge is -2.16. The van der Waals surface area contributed by atoms with E-state index in [4.69, 9.17) is 9.84 Å². The average Bonchev–Trinajstić information content (AvgIpc) is 2.38. The Balaban J connectivity index is 2.16. The van der Waals surface area contributed by atoms with Gasteiger partial charge >= 0.3 is 5.97 Å². The zero-order valence-electron chi connectivity index (χ0n) is 10.6. The van der Waals surface area contributed by atoms with Crippen molar-refractivity contribution in [2.24, 2.45) is 0 Å². The fraction of sp³-hybridized carbons (Fsp3) is 0.500. The summed E-state index contributed by atoms with van der Waals surface area (Å²) in [6, 6.07) is 7.56. The molecule has 0 fully saturated rings. The lowest BCUT2D eigenvalue weighted by molar-refractivity contribution is -0.137. The third-order valence-electron chi connectivity index (χ3n) is 2.66. The standard InChI is InChI=1S/C14H18F2O3/c15-14(16,12-7-3-1-4-8-12)11-19-10-6-2-5-9-13(17)18/h1,3-4,7-8H,2,5-6,9-11H2,(H,17,18). The minimum Gasteiger partial charge on any atom is -0.481 e. The molecule has 1 aromatic carbocycles. The Morgan fingerprint density at radius 1 is 1.16 bits per heavy atom. The van der Waals surface area contributed by atoms with E-state index in [1.807, 2.05) is 0 Å². The minimum atomic E-state index is -2.98. The van der Waals surface area contributed by atoms with Crippen LogP contribution in [0.2, 0.25) is 0 Å². The highest BCUT2D eigenvalue weighted by Crippen LogP contribution is 2.27. The number of halogens is 2. The predicted molar refractivity (Wildman–Crippen MR) is 67.3 cm³/mol. The van der Waals surface area contributed by atoms with Crippen molar-refractivity contribution in [2.75, 3.05) is 13.2 Å². The minimum absolute atomic E-state index is 0.0547. The fourth-order valence-corrected chi connectivity index (χ4v) is 1.62. The van der Waals surface area contributed by atoms with Crippen molar-refractivity contribution in [3.63, 3.8) is 0 Å². The van der Waals surface area contributed by atoms with Crippen molar-refractivity contribution in [1.29, 1.82) is 0 Å².